The molecule has 1 atom stereocenters. The fourth-order valence-corrected chi connectivity index (χ4v) is 2.34. The van der Waals surface area contributed by atoms with Crippen molar-refractivity contribution in [1.82, 2.24) is 10.6 Å². The number of piperidine rings is 1. The Kier molecular flexibility index (Phi) is 4.47. The SMILES string of the molecule is Clc1ccc(Cl)c(CN[C@@H]2CCCNC2)c1. The Morgan fingerprint density at radius 2 is 2.25 bits per heavy atom. The molecule has 2 N–H and O–H groups in total. The van der Waals surface area contributed by atoms with E-state index in [1.165, 1.54) is 12.8 Å². The summed E-state index contributed by atoms with van der Waals surface area (Å²) >= 11 is 12.0. The molecule has 1 aliphatic rings. The van der Waals surface area contributed by atoms with Crippen LogP contribution in [0.15, 0.2) is 18.2 Å². The molecule has 0 aromatic heterocycles. The molecule has 4 heteroatoms. The Balaban J connectivity index is 1.90. The van der Waals surface area contributed by atoms with Gasteiger partial charge in [0.2, 0.25) is 0 Å². The van der Waals surface area contributed by atoms with E-state index in [-0.39, 0.29) is 0 Å². The minimum absolute atomic E-state index is 0.545. The van der Waals surface area contributed by atoms with Crippen LogP contribution in [0.5, 0.6) is 0 Å². The van der Waals surface area contributed by atoms with Crippen molar-refractivity contribution in [1.29, 1.82) is 0 Å². The van der Waals surface area contributed by atoms with Crippen LogP contribution in [0.1, 0.15) is 18.4 Å². The molecule has 1 fully saturated rings. The first kappa shape index (κ1) is 12.2. The summed E-state index contributed by atoms with van der Waals surface area (Å²) in [5, 5.41) is 8.39. The van der Waals surface area contributed by atoms with Gasteiger partial charge < -0.3 is 10.6 Å². The summed E-state index contributed by atoms with van der Waals surface area (Å²) < 4.78 is 0. The lowest BCUT2D eigenvalue weighted by atomic mass is 10.1. The number of hydrogen-bond acceptors (Lipinski definition) is 2. The predicted octanol–water partition coefficient (Wildman–Crippen LogP) is 2.84. The molecule has 16 heavy (non-hydrogen) atoms. The standard InChI is InChI=1S/C12H16Cl2N2/c13-10-3-4-12(14)9(6-10)7-16-11-2-1-5-15-8-11/h3-4,6,11,15-16H,1-2,5,7-8H2/t11-/m1/s1. The van der Waals surface area contributed by atoms with Crippen LogP contribution in [0, 0.1) is 0 Å². The zero-order valence-electron chi connectivity index (χ0n) is 9.10. The van der Waals surface area contributed by atoms with Crippen molar-refractivity contribution in [2.24, 2.45) is 0 Å². The van der Waals surface area contributed by atoms with Crippen LogP contribution < -0.4 is 10.6 Å². The molecular formula is C12H16Cl2N2. The first-order valence-electron chi connectivity index (χ1n) is 5.64. The molecule has 1 saturated heterocycles. The van der Waals surface area contributed by atoms with E-state index in [0.717, 1.165) is 35.2 Å². The Labute approximate surface area is 106 Å². The van der Waals surface area contributed by atoms with Crippen LogP contribution in [0.4, 0.5) is 0 Å². The lowest BCUT2D eigenvalue weighted by Crippen LogP contribution is -2.42. The van der Waals surface area contributed by atoms with Crippen molar-refractivity contribution >= 4 is 23.2 Å². The molecule has 1 aromatic carbocycles. The molecule has 0 amide bonds. The second-order valence-electron chi connectivity index (χ2n) is 4.16. The molecule has 0 radical (unpaired) electrons. The Morgan fingerprint density at radius 1 is 1.38 bits per heavy atom. The molecule has 0 aliphatic carbocycles. The third-order valence-electron chi connectivity index (χ3n) is 2.89. The third kappa shape index (κ3) is 3.36. The molecule has 0 bridgehead atoms. The highest BCUT2D eigenvalue weighted by molar-refractivity contribution is 6.33. The lowest BCUT2D eigenvalue weighted by Gasteiger charge is -2.24. The van der Waals surface area contributed by atoms with Gasteiger partial charge in [-0.2, -0.15) is 0 Å². The summed E-state index contributed by atoms with van der Waals surface area (Å²) in [6, 6.07) is 6.13. The van der Waals surface area contributed by atoms with Crippen LogP contribution in [-0.2, 0) is 6.54 Å². The molecular weight excluding hydrogens is 243 g/mol. The summed E-state index contributed by atoms with van der Waals surface area (Å²) in [7, 11) is 0. The van der Waals surface area contributed by atoms with Gasteiger partial charge in [0.05, 0.1) is 0 Å². The summed E-state index contributed by atoms with van der Waals surface area (Å²) in [6.45, 7) is 2.96. The minimum atomic E-state index is 0.545. The average molecular weight is 259 g/mol. The summed E-state index contributed by atoms with van der Waals surface area (Å²) in [5.74, 6) is 0. The first-order valence-corrected chi connectivity index (χ1v) is 6.39. The Hall–Kier alpha value is -0.280. The van der Waals surface area contributed by atoms with E-state index in [1.807, 2.05) is 18.2 Å². The summed E-state index contributed by atoms with van der Waals surface area (Å²) in [5.41, 5.74) is 1.07. The van der Waals surface area contributed by atoms with Crippen LogP contribution >= 0.6 is 23.2 Å². The van der Waals surface area contributed by atoms with E-state index in [1.54, 1.807) is 0 Å². The molecule has 1 aliphatic heterocycles. The van der Waals surface area contributed by atoms with Crippen molar-refractivity contribution in [2.45, 2.75) is 25.4 Å². The molecule has 2 nitrogen and oxygen atoms in total. The quantitative estimate of drug-likeness (QED) is 0.872. The van der Waals surface area contributed by atoms with E-state index in [0.29, 0.717) is 6.04 Å². The van der Waals surface area contributed by atoms with E-state index in [2.05, 4.69) is 10.6 Å². The van der Waals surface area contributed by atoms with Crippen molar-refractivity contribution < 1.29 is 0 Å². The van der Waals surface area contributed by atoms with Gasteiger partial charge in [0.1, 0.15) is 0 Å². The van der Waals surface area contributed by atoms with Gasteiger partial charge in [-0.05, 0) is 43.1 Å². The molecule has 1 heterocycles. The maximum absolute atomic E-state index is 6.10. The van der Waals surface area contributed by atoms with Crippen molar-refractivity contribution in [3.63, 3.8) is 0 Å². The van der Waals surface area contributed by atoms with Gasteiger partial charge in [-0.25, -0.2) is 0 Å². The normalized spacial score (nSPS) is 21.0. The van der Waals surface area contributed by atoms with Gasteiger partial charge in [-0.3, -0.25) is 0 Å². The highest BCUT2D eigenvalue weighted by Gasteiger charge is 2.12. The predicted molar refractivity (Wildman–Crippen MR) is 69.2 cm³/mol. The van der Waals surface area contributed by atoms with E-state index in [9.17, 15) is 0 Å². The zero-order valence-corrected chi connectivity index (χ0v) is 10.6. The number of halogens is 2. The number of hydrogen-bond donors (Lipinski definition) is 2. The number of rotatable bonds is 3. The van der Waals surface area contributed by atoms with Crippen molar-refractivity contribution in [3.05, 3.63) is 33.8 Å². The van der Waals surface area contributed by atoms with Gasteiger partial charge in [0.15, 0.2) is 0 Å². The highest BCUT2D eigenvalue weighted by atomic mass is 35.5. The highest BCUT2D eigenvalue weighted by Crippen LogP contribution is 2.20. The van der Waals surface area contributed by atoms with Crippen molar-refractivity contribution in [3.8, 4) is 0 Å². The number of benzene rings is 1. The van der Waals surface area contributed by atoms with E-state index in [4.69, 9.17) is 23.2 Å². The van der Waals surface area contributed by atoms with Crippen LogP contribution in [0.25, 0.3) is 0 Å². The molecule has 1 aromatic rings. The third-order valence-corrected chi connectivity index (χ3v) is 3.49. The van der Waals surface area contributed by atoms with Crippen molar-refractivity contribution in [2.75, 3.05) is 13.1 Å². The topological polar surface area (TPSA) is 24.1 Å². The second kappa shape index (κ2) is 5.87. The molecule has 2 rings (SSSR count). The molecule has 88 valence electrons. The van der Waals surface area contributed by atoms with Crippen LogP contribution in [-0.4, -0.2) is 19.1 Å². The average Bonchev–Trinajstić information content (AvgIpc) is 2.32. The molecule has 0 spiro atoms. The summed E-state index contributed by atoms with van der Waals surface area (Å²) in [4.78, 5) is 0. The van der Waals surface area contributed by atoms with Gasteiger partial charge >= 0.3 is 0 Å². The summed E-state index contributed by atoms with van der Waals surface area (Å²) in [6.07, 6.45) is 2.46. The first-order chi connectivity index (χ1) is 7.75. The number of nitrogens with one attached hydrogen (secondary N) is 2. The van der Waals surface area contributed by atoms with E-state index < -0.39 is 0 Å². The monoisotopic (exact) mass is 258 g/mol. The second-order valence-corrected chi connectivity index (χ2v) is 5.00. The smallest absolute Gasteiger partial charge is 0.0451 e. The Morgan fingerprint density at radius 3 is 3.00 bits per heavy atom. The lowest BCUT2D eigenvalue weighted by molar-refractivity contribution is 0.389. The largest absolute Gasteiger partial charge is 0.315 e. The zero-order chi connectivity index (χ0) is 11.4. The van der Waals surface area contributed by atoms with Gasteiger partial charge in [-0.1, -0.05) is 23.2 Å². The minimum Gasteiger partial charge on any atom is -0.315 e. The van der Waals surface area contributed by atoms with Crippen LogP contribution in [0.2, 0.25) is 10.0 Å². The fraction of sp³-hybridized carbons (Fsp3) is 0.500. The van der Waals surface area contributed by atoms with Gasteiger partial charge in [0, 0.05) is 29.2 Å². The molecule has 0 saturated carbocycles. The van der Waals surface area contributed by atoms with Crippen LogP contribution in [0.3, 0.4) is 0 Å². The maximum Gasteiger partial charge on any atom is 0.0451 e. The molecule has 0 unspecified atom stereocenters. The van der Waals surface area contributed by atoms with E-state index >= 15 is 0 Å². The fourth-order valence-electron chi connectivity index (χ4n) is 1.96. The van der Waals surface area contributed by atoms with Gasteiger partial charge in [0.25, 0.3) is 0 Å². The maximum atomic E-state index is 6.10. The Bertz CT molecular complexity index is 349. The van der Waals surface area contributed by atoms with Gasteiger partial charge in [-0.15, -0.1) is 0 Å².